The normalized spacial score (nSPS) is 16.0. The Morgan fingerprint density at radius 3 is 2.40 bits per heavy atom. The van der Waals surface area contributed by atoms with Crippen LogP contribution in [0.25, 0.3) is 6.08 Å². The maximum Gasteiger partial charge on any atom is 0.126 e. The topological polar surface area (TPSA) is 34.1 Å². The monoisotopic (exact) mass is 418 g/mol. The third-order valence-corrected chi connectivity index (χ3v) is 5.33. The van der Waals surface area contributed by atoms with Gasteiger partial charge in [0.05, 0.1) is 31.7 Å². The van der Waals surface area contributed by atoms with Crippen molar-refractivity contribution in [2.45, 2.75) is 12.5 Å². The molecular formula is C25H23ClN2O2. The largest absolute Gasteiger partial charge is 0.496 e. The number of nitrogens with zero attached hydrogens (tertiary/aromatic N) is 2. The summed E-state index contributed by atoms with van der Waals surface area (Å²) >= 11 is 6.26. The Labute approximate surface area is 182 Å². The minimum absolute atomic E-state index is 0.0111. The quantitative estimate of drug-likeness (QED) is 0.466. The van der Waals surface area contributed by atoms with Crippen LogP contribution in [0.4, 0.5) is 5.69 Å². The van der Waals surface area contributed by atoms with Gasteiger partial charge in [0.1, 0.15) is 11.5 Å². The summed E-state index contributed by atoms with van der Waals surface area (Å²) < 4.78 is 11.1. The Bertz CT molecular complexity index is 1090. The van der Waals surface area contributed by atoms with E-state index in [1.54, 1.807) is 14.2 Å². The van der Waals surface area contributed by atoms with Crippen molar-refractivity contribution in [2.24, 2.45) is 5.10 Å². The fraction of sp³-hybridized carbons (Fsp3) is 0.160. The molecule has 30 heavy (non-hydrogen) atoms. The number of para-hydroxylation sites is 2. The average molecular weight is 419 g/mol. The number of hydrogen-bond acceptors (Lipinski definition) is 4. The fourth-order valence-electron chi connectivity index (χ4n) is 3.66. The highest BCUT2D eigenvalue weighted by molar-refractivity contribution is 6.30. The summed E-state index contributed by atoms with van der Waals surface area (Å²) in [5, 5.41) is 7.61. The predicted octanol–water partition coefficient (Wildman–Crippen LogP) is 6.38. The van der Waals surface area contributed by atoms with E-state index in [1.807, 2.05) is 83.9 Å². The van der Waals surface area contributed by atoms with Crippen molar-refractivity contribution in [1.82, 2.24) is 0 Å². The molecule has 0 amide bonds. The predicted molar refractivity (Wildman–Crippen MR) is 124 cm³/mol. The highest BCUT2D eigenvalue weighted by Crippen LogP contribution is 2.40. The van der Waals surface area contributed by atoms with E-state index >= 15 is 0 Å². The van der Waals surface area contributed by atoms with E-state index in [9.17, 15) is 0 Å². The van der Waals surface area contributed by atoms with E-state index in [1.165, 1.54) is 0 Å². The summed E-state index contributed by atoms with van der Waals surface area (Å²) in [5.74, 6) is 1.68. The van der Waals surface area contributed by atoms with E-state index in [2.05, 4.69) is 6.07 Å². The molecule has 0 radical (unpaired) electrons. The average Bonchev–Trinajstić information content (AvgIpc) is 3.22. The van der Waals surface area contributed by atoms with E-state index < -0.39 is 0 Å². The first-order valence-electron chi connectivity index (χ1n) is 9.76. The number of rotatable bonds is 6. The number of ether oxygens (including phenoxy) is 2. The maximum atomic E-state index is 6.26. The molecule has 3 aromatic carbocycles. The lowest BCUT2D eigenvalue weighted by atomic mass is 9.99. The number of benzene rings is 3. The van der Waals surface area contributed by atoms with Crippen molar-refractivity contribution < 1.29 is 9.47 Å². The Kier molecular flexibility index (Phi) is 6.05. The Hall–Kier alpha value is -3.24. The van der Waals surface area contributed by atoms with Crippen LogP contribution in [0.1, 0.15) is 23.6 Å². The van der Waals surface area contributed by atoms with Crippen molar-refractivity contribution in [2.75, 3.05) is 19.2 Å². The highest BCUT2D eigenvalue weighted by atomic mass is 35.5. The second-order valence-corrected chi connectivity index (χ2v) is 7.39. The van der Waals surface area contributed by atoms with Crippen LogP contribution in [-0.4, -0.2) is 19.9 Å². The van der Waals surface area contributed by atoms with Crippen LogP contribution in [0.2, 0.25) is 5.02 Å². The molecule has 1 aliphatic rings. The lowest BCUT2D eigenvalue weighted by Crippen LogP contribution is -2.19. The molecule has 4 nitrogen and oxygen atoms in total. The molecule has 1 atom stereocenters. The molecule has 0 spiro atoms. The first-order chi connectivity index (χ1) is 14.7. The summed E-state index contributed by atoms with van der Waals surface area (Å²) in [7, 11) is 3.37. The summed E-state index contributed by atoms with van der Waals surface area (Å²) in [6.07, 6.45) is 4.84. The molecule has 0 saturated carbocycles. The van der Waals surface area contributed by atoms with Gasteiger partial charge in [-0.25, -0.2) is 0 Å². The first-order valence-corrected chi connectivity index (χ1v) is 10.1. The first kappa shape index (κ1) is 20.0. The second kappa shape index (κ2) is 9.06. The van der Waals surface area contributed by atoms with Gasteiger partial charge in [-0.2, -0.15) is 5.10 Å². The van der Waals surface area contributed by atoms with Gasteiger partial charge in [0.15, 0.2) is 0 Å². The number of allylic oxidation sites excluding steroid dienone is 1. The Balaban J connectivity index is 1.71. The number of methoxy groups -OCH3 is 2. The van der Waals surface area contributed by atoms with E-state index in [4.69, 9.17) is 26.2 Å². The zero-order valence-electron chi connectivity index (χ0n) is 17.0. The smallest absolute Gasteiger partial charge is 0.126 e. The minimum Gasteiger partial charge on any atom is -0.496 e. The van der Waals surface area contributed by atoms with E-state index in [0.29, 0.717) is 5.02 Å². The summed E-state index contributed by atoms with van der Waals surface area (Å²) in [6, 6.07) is 23.8. The lowest BCUT2D eigenvalue weighted by Gasteiger charge is -2.25. The molecule has 3 aromatic rings. The van der Waals surface area contributed by atoms with Crippen molar-refractivity contribution in [1.29, 1.82) is 0 Å². The van der Waals surface area contributed by atoms with Crippen LogP contribution in [0.3, 0.4) is 0 Å². The lowest BCUT2D eigenvalue weighted by molar-refractivity contribution is 0.405. The van der Waals surface area contributed by atoms with Crippen LogP contribution >= 0.6 is 11.6 Å². The van der Waals surface area contributed by atoms with Gasteiger partial charge in [0.25, 0.3) is 0 Å². The molecule has 0 aromatic heterocycles. The molecule has 0 bridgehead atoms. The van der Waals surface area contributed by atoms with E-state index in [0.717, 1.165) is 40.4 Å². The molecular weight excluding hydrogens is 396 g/mol. The van der Waals surface area contributed by atoms with Gasteiger partial charge >= 0.3 is 0 Å². The van der Waals surface area contributed by atoms with Gasteiger partial charge in [0.2, 0.25) is 0 Å². The summed E-state index contributed by atoms with van der Waals surface area (Å²) in [4.78, 5) is 0. The van der Waals surface area contributed by atoms with Gasteiger partial charge in [-0.1, -0.05) is 54.1 Å². The molecule has 4 rings (SSSR count). The van der Waals surface area contributed by atoms with Crippen molar-refractivity contribution >= 4 is 29.1 Å². The fourth-order valence-corrected chi connectivity index (χ4v) is 3.85. The van der Waals surface area contributed by atoms with Crippen molar-refractivity contribution in [3.05, 3.63) is 95.0 Å². The molecule has 5 heteroatoms. The van der Waals surface area contributed by atoms with Gasteiger partial charge in [-0.05, 0) is 42.5 Å². The van der Waals surface area contributed by atoms with Crippen LogP contribution < -0.4 is 14.5 Å². The molecule has 1 unspecified atom stereocenters. The zero-order chi connectivity index (χ0) is 20.9. The zero-order valence-corrected chi connectivity index (χ0v) is 17.7. The van der Waals surface area contributed by atoms with Crippen LogP contribution in [0.15, 0.2) is 84.0 Å². The Morgan fingerprint density at radius 2 is 1.63 bits per heavy atom. The molecule has 152 valence electrons. The van der Waals surface area contributed by atoms with Crippen LogP contribution in [0, 0.1) is 0 Å². The number of halogens is 1. The van der Waals surface area contributed by atoms with Gasteiger partial charge in [-0.15, -0.1) is 0 Å². The van der Waals surface area contributed by atoms with Crippen molar-refractivity contribution in [3.8, 4) is 11.5 Å². The van der Waals surface area contributed by atoms with E-state index in [-0.39, 0.29) is 6.04 Å². The second-order valence-electron chi connectivity index (χ2n) is 6.95. The number of hydrogen-bond donors (Lipinski definition) is 0. The van der Waals surface area contributed by atoms with Gasteiger partial charge in [0, 0.05) is 22.6 Å². The highest BCUT2D eigenvalue weighted by Gasteiger charge is 2.30. The molecule has 1 heterocycles. The van der Waals surface area contributed by atoms with Crippen molar-refractivity contribution in [3.63, 3.8) is 0 Å². The van der Waals surface area contributed by atoms with Crippen LogP contribution in [0.5, 0.6) is 11.5 Å². The number of anilines is 1. The van der Waals surface area contributed by atoms with Gasteiger partial charge in [-0.3, -0.25) is 5.01 Å². The third kappa shape index (κ3) is 4.19. The molecule has 0 fully saturated rings. The SMILES string of the molecule is COc1ccccc1C=CC1=NN(c2cccc(Cl)c2)C(c2ccccc2OC)C1. The molecule has 0 N–H and O–H groups in total. The molecule has 1 aliphatic heterocycles. The third-order valence-electron chi connectivity index (χ3n) is 5.10. The summed E-state index contributed by atoms with van der Waals surface area (Å²) in [5.41, 5.74) is 4.01. The van der Waals surface area contributed by atoms with Gasteiger partial charge < -0.3 is 9.47 Å². The number of hydrazone groups is 1. The standard InChI is InChI=1S/C25H23ClN2O2/c1-29-24-12-5-3-8-18(24)14-15-20-17-23(22-11-4-6-13-25(22)30-2)28(27-20)21-10-7-9-19(26)16-21/h3-16,23H,17H2,1-2H3. The Morgan fingerprint density at radius 1 is 0.900 bits per heavy atom. The molecule has 0 aliphatic carbocycles. The maximum absolute atomic E-state index is 6.26. The minimum atomic E-state index is 0.0111. The molecule has 0 saturated heterocycles. The van der Waals surface area contributed by atoms with Crippen LogP contribution in [-0.2, 0) is 0 Å². The summed E-state index contributed by atoms with van der Waals surface area (Å²) in [6.45, 7) is 0.